The third kappa shape index (κ3) is 5.67. The van der Waals surface area contributed by atoms with E-state index >= 15 is 0 Å². The second-order valence-corrected chi connectivity index (χ2v) is 9.37. The standard InChI is InChI=1S/C23H12Cl2I2N2O/c24-19-5-4-17(20(25)10-19)13-30-23-21(26)8-15(9-22(23)27)7-18(12-29)16-3-1-2-14(6-16)11-28/h1-10H,13H2. The van der Waals surface area contributed by atoms with Crippen LogP contribution >= 0.6 is 68.4 Å². The van der Waals surface area contributed by atoms with Crippen molar-refractivity contribution in [1.82, 2.24) is 0 Å². The third-order valence-corrected chi connectivity index (χ3v) is 6.33. The Morgan fingerprint density at radius 2 is 1.73 bits per heavy atom. The first-order chi connectivity index (χ1) is 14.4. The van der Waals surface area contributed by atoms with Crippen molar-refractivity contribution in [3.8, 4) is 17.9 Å². The smallest absolute Gasteiger partial charge is 0.146 e. The molecule has 148 valence electrons. The van der Waals surface area contributed by atoms with Crippen LogP contribution in [0.5, 0.6) is 5.75 Å². The highest BCUT2D eigenvalue weighted by atomic mass is 127. The zero-order chi connectivity index (χ0) is 21.7. The van der Waals surface area contributed by atoms with E-state index in [0.29, 0.717) is 33.4 Å². The lowest BCUT2D eigenvalue weighted by molar-refractivity contribution is 0.302. The van der Waals surface area contributed by atoms with Crippen molar-refractivity contribution in [3.05, 3.63) is 94.0 Å². The molecule has 0 aliphatic rings. The zero-order valence-electron chi connectivity index (χ0n) is 15.3. The molecule has 0 unspecified atom stereocenters. The molecule has 30 heavy (non-hydrogen) atoms. The Balaban J connectivity index is 1.87. The van der Waals surface area contributed by atoms with Crippen molar-refractivity contribution in [2.24, 2.45) is 0 Å². The summed E-state index contributed by atoms with van der Waals surface area (Å²) in [6.07, 6.45) is 1.81. The number of ether oxygens (including phenoxy) is 1. The quantitative estimate of drug-likeness (QED) is 0.161. The normalized spacial score (nSPS) is 10.9. The zero-order valence-corrected chi connectivity index (χ0v) is 21.1. The number of allylic oxidation sites excluding steroid dienone is 1. The van der Waals surface area contributed by atoms with Gasteiger partial charge in [0, 0.05) is 15.6 Å². The summed E-state index contributed by atoms with van der Waals surface area (Å²) in [5, 5.41) is 19.8. The van der Waals surface area contributed by atoms with Crippen molar-refractivity contribution in [2.45, 2.75) is 6.61 Å². The minimum absolute atomic E-state index is 0.321. The molecule has 0 saturated carbocycles. The van der Waals surface area contributed by atoms with E-state index in [9.17, 15) is 5.26 Å². The van der Waals surface area contributed by atoms with Crippen molar-refractivity contribution in [2.75, 3.05) is 0 Å². The first kappa shape index (κ1) is 22.9. The minimum atomic E-state index is 0.321. The number of nitrogens with zero attached hydrogens (tertiary/aromatic N) is 2. The van der Waals surface area contributed by atoms with Crippen molar-refractivity contribution < 1.29 is 4.74 Å². The van der Waals surface area contributed by atoms with E-state index in [1.807, 2.05) is 24.3 Å². The number of halogens is 4. The highest BCUT2D eigenvalue weighted by Crippen LogP contribution is 2.32. The van der Waals surface area contributed by atoms with Crippen LogP contribution in [0.15, 0.2) is 54.6 Å². The first-order valence-electron chi connectivity index (χ1n) is 8.59. The van der Waals surface area contributed by atoms with Gasteiger partial charge in [-0.15, -0.1) is 0 Å². The Morgan fingerprint density at radius 1 is 1.00 bits per heavy atom. The van der Waals surface area contributed by atoms with Gasteiger partial charge in [-0.05, 0) is 98.8 Å². The van der Waals surface area contributed by atoms with Crippen LogP contribution in [0.1, 0.15) is 22.3 Å². The molecule has 3 aromatic rings. The van der Waals surface area contributed by atoms with E-state index in [-0.39, 0.29) is 0 Å². The van der Waals surface area contributed by atoms with Gasteiger partial charge in [0.25, 0.3) is 0 Å². The summed E-state index contributed by atoms with van der Waals surface area (Å²) < 4.78 is 7.84. The van der Waals surface area contributed by atoms with E-state index in [0.717, 1.165) is 24.0 Å². The van der Waals surface area contributed by atoms with E-state index in [4.69, 9.17) is 33.2 Å². The van der Waals surface area contributed by atoms with Crippen LogP contribution in [0.2, 0.25) is 10.0 Å². The SMILES string of the molecule is N#CC(=Cc1cc(I)c(OCc2ccc(Cl)cc2Cl)c(I)c1)c1cccc(C#N)c1. The minimum Gasteiger partial charge on any atom is -0.487 e. The van der Waals surface area contributed by atoms with Gasteiger partial charge in [0.2, 0.25) is 0 Å². The molecule has 3 nitrogen and oxygen atoms in total. The topological polar surface area (TPSA) is 56.8 Å². The van der Waals surface area contributed by atoms with Gasteiger partial charge in [0.05, 0.1) is 30.4 Å². The van der Waals surface area contributed by atoms with Gasteiger partial charge in [0.1, 0.15) is 12.4 Å². The van der Waals surface area contributed by atoms with E-state index < -0.39 is 0 Å². The molecule has 0 N–H and O–H groups in total. The maximum Gasteiger partial charge on any atom is 0.146 e. The van der Waals surface area contributed by atoms with Crippen molar-refractivity contribution in [1.29, 1.82) is 10.5 Å². The van der Waals surface area contributed by atoms with E-state index in [1.54, 1.807) is 36.4 Å². The average molecular weight is 657 g/mol. The number of nitriles is 2. The Hall–Kier alpha value is -1.78. The molecule has 0 aliphatic carbocycles. The molecule has 0 amide bonds. The fourth-order valence-corrected chi connectivity index (χ4v) is 5.28. The molecule has 7 heteroatoms. The van der Waals surface area contributed by atoms with Crippen LogP contribution in [0, 0.1) is 29.8 Å². The molecule has 0 bridgehead atoms. The lowest BCUT2D eigenvalue weighted by Gasteiger charge is -2.13. The van der Waals surface area contributed by atoms with Gasteiger partial charge in [0.15, 0.2) is 0 Å². The highest BCUT2D eigenvalue weighted by Gasteiger charge is 2.11. The summed E-state index contributed by atoms with van der Waals surface area (Å²) >= 11 is 16.6. The fourth-order valence-electron chi connectivity index (χ4n) is 2.69. The Morgan fingerprint density at radius 3 is 2.37 bits per heavy atom. The predicted molar refractivity (Wildman–Crippen MR) is 137 cm³/mol. The summed E-state index contributed by atoms with van der Waals surface area (Å²) in [4.78, 5) is 0. The molecule has 0 atom stereocenters. The van der Waals surface area contributed by atoms with Gasteiger partial charge in [-0.2, -0.15) is 10.5 Å². The molecule has 0 aromatic heterocycles. The lowest BCUT2D eigenvalue weighted by Crippen LogP contribution is -2.00. The average Bonchev–Trinajstić information content (AvgIpc) is 2.72. The number of hydrogen-bond donors (Lipinski definition) is 0. The van der Waals surface area contributed by atoms with Gasteiger partial charge in [-0.3, -0.25) is 0 Å². The second kappa shape index (κ2) is 10.5. The van der Waals surface area contributed by atoms with Crippen molar-refractivity contribution in [3.63, 3.8) is 0 Å². The molecule has 0 fully saturated rings. The van der Waals surface area contributed by atoms with Gasteiger partial charge in [-0.1, -0.05) is 41.4 Å². The second-order valence-electron chi connectivity index (χ2n) is 6.20. The van der Waals surface area contributed by atoms with Crippen LogP contribution in [-0.2, 0) is 6.61 Å². The van der Waals surface area contributed by atoms with Crippen LogP contribution in [0.4, 0.5) is 0 Å². The largest absolute Gasteiger partial charge is 0.487 e. The molecule has 0 heterocycles. The molecular formula is C23H12Cl2I2N2O. The highest BCUT2D eigenvalue weighted by molar-refractivity contribution is 14.1. The first-order valence-corrected chi connectivity index (χ1v) is 11.5. The fraction of sp³-hybridized carbons (Fsp3) is 0.0435. The van der Waals surface area contributed by atoms with Gasteiger partial charge in [-0.25, -0.2) is 0 Å². The molecule has 0 aliphatic heterocycles. The molecule has 0 saturated heterocycles. The van der Waals surface area contributed by atoms with E-state index in [2.05, 4.69) is 57.3 Å². The van der Waals surface area contributed by atoms with Crippen LogP contribution in [0.25, 0.3) is 11.6 Å². The predicted octanol–water partition coefficient (Wildman–Crippen LogP) is 7.72. The maximum atomic E-state index is 9.60. The molecular weight excluding hydrogens is 645 g/mol. The van der Waals surface area contributed by atoms with Crippen LogP contribution in [-0.4, -0.2) is 0 Å². The monoisotopic (exact) mass is 656 g/mol. The Labute approximate surface area is 212 Å². The molecule has 0 radical (unpaired) electrons. The summed E-state index contributed by atoms with van der Waals surface area (Å²) in [6.45, 7) is 0.321. The Bertz CT molecular complexity index is 1200. The molecule has 3 rings (SSSR count). The maximum absolute atomic E-state index is 9.60. The third-order valence-electron chi connectivity index (χ3n) is 4.14. The number of hydrogen-bond acceptors (Lipinski definition) is 3. The van der Waals surface area contributed by atoms with Gasteiger partial charge >= 0.3 is 0 Å². The van der Waals surface area contributed by atoms with Crippen LogP contribution < -0.4 is 4.74 Å². The summed E-state index contributed by atoms with van der Waals surface area (Å²) in [5.41, 5.74) is 3.43. The molecule has 0 spiro atoms. The Kier molecular flexibility index (Phi) is 8.01. The van der Waals surface area contributed by atoms with Crippen molar-refractivity contribution >= 4 is 80.0 Å². The summed E-state index contributed by atoms with van der Waals surface area (Å²) in [5.74, 6) is 0.754. The van der Waals surface area contributed by atoms with E-state index in [1.165, 1.54) is 0 Å². The summed E-state index contributed by atoms with van der Waals surface area (Å²) in [7, 11) is 0. The summed E-state index contributed by atoms with van der Waals surface area (Å²) in [6, 6.07) is 20.5. The number of benzene rings is 3. The lowest BCUT2D eigenvalue weighted by atomic mass is 10.0. The van der Waals surface area contributed by atoms with Crippen LogP contribution in [0.3, 0.4) is 0 Å². The number of rotatable bonds is 5. The van der Waals surface area contributed by atoms with Gasteiger partial charge < -0.3 is 4.74 Å². The molecule has 3 aromatic carbocycles.